The number of carbonyl (C=O) groups excluding carboxylic acids is 1. The zero-order valence-corrected chi connectivity index (χ0v) is 8.73. The Kier molecular flexibility index (Phi) is 3.11. The lowest BCUT2D eigenvalue weighted by Gasteiger charge is -2.13. The number of nitrogens with zero attached hydrogens (tertiary/aromatic N) is 3. The molecule has 5 heteroatoms. The number of imidazole rings is 1. The largest absolute Gasteiger partial charge is 0.344 e. The summed E-state index contributed by atoms with van der Waals surface area (Å²) in [6.07, 6.45) is 3.26. The van der Waals surface area contributed by atoms with E-state index in [-0.39, 0.29) is 18.1 Å². The van der Waals surface area contributed by atoms with Crippen LogP contribution in [0.4, 0.5) is 0 Å². The minimum absolute atomic E-state index is 0.0548. The summed E-state index contributed by atoms with van der Waals surface area (Å²) in [6, 6.07) is 0. The first-order valence-electron chi connectivity index (χ1n) is 4.52. The molecule has 0 bridgehead atoms. The maximum atomic E-state index is 11.5. The number of carbonyl (C=O) groups is 1. The van der Waals surface area contributed by atoms with E-state index in [1.165, 1.54) is 9.13 Å². The van der Waals surface area contributed by atoms with Gasteiger partial charge >= 0.3 is 5.69 Å². The van der Waals surface area contributed by atoms with Gasteiger partial charge in [-0.15, -0.1) is 0 Å². The Hall–Kier alpha value is -1.52. The minimum atomic E-state index is -0.164. The van der Waals surface area contributed by atoms with Gasteiger partial charge in [-0.3, -0.25) is 9.36 Å². The van der Waals surface area contributed by atoms with Gasteiger partial charge in [0.05, 0.1) is 0 Å². The molecule has 0 aliphatic carbocycles. The van der Waals surface area contributed by atoms with Crippen molar-refractivity contribution in [1.29, 1.82) is 0 Å². The fourth-order valence-electron chi connectivity index (χ4n) is 1.07. The maximum absolute atomic E-state index is 11.5. The Morgan fingerprint density at radius 2 is 2.14 bits per heavy atom. The second-order valence-electron chi connectivity index (χ2n) is 3.23. The summed E-state index contributed by atoms with van der Waals surface area (Å²) in [4.78, 5) is 24.4. The number of aromatic nitrogens is 2. The summed E-state index contributed by atoms with van der Waals surface area (Å²) < 4.78 is 2.84. The fourth-order valence-corrected chi connectivity index (χ4v) is 1.07. The molecule has 1 amide bonds. The molecule has 0 saturated heterocycles. The van der Waals surface area contributed by atoms with Gasteiger partial charge < -0.3 is 9.47 Å². The Morgan fingerprint density at radius 1 is 1.50 bits per heavy atom. The molecular weight excluding hydrogens is 182 g/mol. The van der Waals surface area contributed by atoms with Crippen LogP contribution in [0.3, 0.4) is 0 Å². The van der Waals surface area contributed by atoms with E-state index in [1.54, 1.807) is 31.4 Å². The van der Waals surface area contributed by atoms with Crippen LogP contribution in [0, 0.1) is 0 Å². The van der Waals surface area contributed by atoms with Crippen LogP contribution in [0.15, 0.2) is 17.2 Å². The predicted octanol–water partition coefficient (Wildman–Crippen LogP) is -0.335. The lowest BCUT2D eigenvalue weighted by atomic mass is 10.5. The molecule has 0 aliphatic rings. The van der Waals surface area contributed by atoms with Crippen LogP contribution >= 0.6 is 0 Å². The third kappa shape index (κ3) is 2.04. The van der Waals surface area contributed by atoms with E-state index in [1.807, 2.05) is 6.92 Å². The summed E-state index contributed by atoms with van der Waals surface area (Å²) in [5, 5.41) is 0. The zero-order chi connectivity index (χ0) is 10.7. The van der Waals surface area contributed by atoms with Crippen LogP contribution in [-0.4, -0.2) is 33.5 Å². The summed E-state index contributed by atoms with van der Waals surface area (Å²) in [7, 11) is 3.38. The highest BCUT2D eigenvalue weighted by Crippen LogP contribution is 1.88. The Morgan fingerprint density at radius 3 is 2.57 bits per heavy atom. The first-order valence-corrected chi connectivity index (χ1v) is 4.52. The standard InChI is InChI=1S/C9H15N3O2/c1-4-10(2)8(13)7-12-6-5-11(3)9(12)14/h5-6H,4,7H2,1-3H3. The van der Waals surface area contributed by atoms with Crippen molar-refractivity contribution in [3.05, 3.63) is 22.9 Å². The van der Waals surface area contributed by atoms with E-state index in [4.69, 9.17) is 0 Å². The van der Waals surface area contributed by atoms with Crippen LogP contribution < -0.4 is 5.69 Å². The van der Waals surface area contributed by atoms with Gasteiger partial charge in [0.25, 0.3) is 0 Å². The lowest BCUT2D eigenvalue weighted by molar-refractivity contribution is -0.130. The molecule has 0 aliphatic heterocycles. The molecule has 0 radical (unpaired) electrons. The zero-order valence-electron chi connectivity index (χ0n) is 8.73. The van der Waals surface area contributed by atoms with Gasteiger partial charge in [-0.1, -0.05) is 0 Å². The quantitative estimate of drug-likeness (QED) is 0.666. The van der Waals surface area contributed by atoms with Gasteiger partial charge in [0.2, 0.25) is 5.91 Å². The summed E-state index contributed by atoms with van der Waals surface area (Å²) >= 11 is 0. The highest BCUT2D eigenvalue weighted by atomic mass is 16.2. The molecule has 0 spiro atoms. The van der Waals surface area contributed by atoms with Crippen molar-refractivity contribution in [2.24, 2.45) is 7.05 Å². The van der Waals surface area contributed by atoms with Crippen molar-refractivity contribution in [2.75, 3.05) is 13.6 Å². The van der Waals surface area contributed by atoms with E-state index in [9.17, 15) is 9.59 Å². The first-order chi connectivity index (χ1) is 6.56. The average Bonchev–Trinajstić information content (AvgIpc) is 2.48. The van der Waals surface area contributed by atoms with Gasteiger partial charge in [0.15, 0.2) is 0 Å². The molecule has 14 heavy (non-hydrogen) atoms. The van der Waals surface area contributed by atoms with Crippen molar-refractivity contribution in [3.63, 3.8) is 0 Å². The van der Waals surface area contributed by atoms with Gasteiger partial charge in [-0.05, 0) is 6.92 Å². The fraction of sp³-hybridized carbons (Fsp3) is 0.556. The Balaban J connectivity index is 2.75. The topological polar surface area (TPSA) is 47.2 Å². The normalized spacial score (nSPS) is 10.2. The number of amides is 1. The molecule has 1 aromatic heterocycles. The van der Waals surface area contributed by atoms with Gasteiger partial charge in [-0.2, -0.15) is 0 Å². The Labute approximate surface area is 82.6 Å². The SMILES string of the molecule is CCN(C)C(=O)Cn1ccn(C)c1=O. The van der Waals surface area contributed by atoms with Crippen LogP contribution in [0.2, 0.25) is 0 Å². The van der Waals surface area contributed by atoms with Gasteiger partial charge in [0.1, 0.15) is 6.54 Å². The smallest absolute Gasteiger partial charge is 0.328 e. The summed E-state index contributed by atoms with van der Waals surface area (Å²) in [6.45, 7) is 2.66. The average molecular weight is 197 g/mol. The molecule has 0 fully saturated rings. The second kappa shape index (κ2) is 4.13. The summed E-state index contributed by atoms with van der Waals surface area (Å²) in [5.41, 5.74) is -0.164. The molecule has 1 heterocycles. The molecule has 0 atom stereocenters. The Bertz CT molecular complexity index is 378. The molecule has 0 saturated carbocycles. The summed E-state index contributed by atoms with van der Waals surface area (Å²) in [5.74, 6) is -0.0548. The second-order valence-corrected chi connectivity index (χ2v) is 3.23. The van der Waals surface area contributed by atoms with E-state index in [0.717, 1.165) is 0 Å². The van der Waals surface area contributed by atoms with Gasteiger partial charge in [0, 0.05) is 33.0 Å². The van der Waals surface area contributed by atoms with Crippen molar-refractivity contribution in [1.82, 2.24) is 14.0 Å². The van der Waals surface area contributed by atoms with Gasteiger partial charge in [-0.25, -0.2) is 4.79 Å². The molecular formula is C9H15N3O2. The number of hydrogen-bond acceptors (Lipinski definition) is 2. The number of hydrogen-bond donors (Lipinski definition) is 0. The molecule has 1 aromatic rings. The molecule has 0 N–H and O–H groups in total. The highest BCUT2D eigenvalue weighted by Gasteiger charge is 2.09. The maximum Gasteiger partial charge on any atom is 0.328 e. The van der Waals surface area contributed by atoms with E-state index >= 15 is 0 Å². The van der Waals surface area contributed by atoms with Crippen LogP contribution in [0.5, 0.6) is 0 Å². The minimum Gasteiger partial charge on any atom is -0.344 e. The van der Waals surface area contributed by atoms with E-state index in [2.05, 4.69) is 0 Å². The van der Waals surface area contributed by atoms with E-state index in [0.29, 0.717) is 6.54 Å². The third-order valence-electron chi connectivity index (χ3n) is 2.22. The number of rotatable bonds is 3. The first kappa shape index (κ1) is 10.6. The number of likely N-dealkylation sites (N-methyl/N-ethyl adjacent to an activating group) is 1. The van der Waals surface area contributed by atoms with Crippen LogP contribution in [0.1, 0.15) is 6.92 Å². The monoisotopic (exact) mass is 197 g/mol. The van der Waals surface area contributed by atoms with Crippen molar-refractivity contribution >= 4 is 5.91 Å². The molecule has 78 valence electrons. The molecule has 0 aromatic carbocycles. The van der Waals surface area contributed by atoms with E-state index < -0.39 is 0 Å². The van der Waals surface area contributed by atoms with Crippen LogP contribution in [-0.2, 0) is 18.4 Å². The molecule has 5 nitrogen and oxygen atoms in total. The lowest BCUT2D eigenvalue weighted by Crippen LogP contribution is -2.33. The third-order valence-corrected chi connectivity index (χ3v) is 2.22. The van der Waals surface area contributed by atoms with Crippen molar-refractivity contribution in [3.8, 4) is 0 Å². The van der Waals surface area contributed by atoms with Crippen LogP contribution in [0.25, 0.3) is 0 Å². The highest BCUT2D eigenvalue weighted by molar-refractivity contribution is 5.75. The van der Waals surface area contributed by atoms with Crippen molar-refractivity contribution < 1.29 is 4.79 Å². The van der Waals surface area contributed by atoms with Crippen molar-refractivity contribution in [2.45, 2.75) is 13.5 Å². The molecule has 1 rings (SSSR count). The predicted molar refractivity (Wildman–Crippen MR) is 53.0 cm³/mol. The molecule has 0 unspecified atom stereocenters. The number of aryl methyl sites for hydroxylation is 1.